The minimum absolute atomic E-state index is 0.0209. The van der Waals surface area contributed by atoms with Crippen LogP contribution in [-0.4, -0.2) is 39.1 Å². The van der Waals surface area contributed by atoms with Gasteiger partial charge in [-0.1, -0.05) is 6.42 Å². The van der Waals surface area contributed by atoms with Gasteiger partial charge in [0.2, 0.25) is 5.82 Å². The minimum Gasteiger partial charge on any atom is -0.335 e. The summed E-state index contributed by atoms with van der Waals surface area (Å²) in [5, 5.41) is 7.00. The molecule has 0 bridgehead atoms. The molecule has 5 heteroatoms. The highest BCUT2D eigenvalue weighted by molar-refractivity contribution is 5.90. The summed E-state index contributed by atoms with van der Waals surface area (Å²) in [7, 11) is 0. The highest BCUT2D eigenvalue weighted by Gasteiger charge is 2.39. The van der Waals surface area contributed by atoms with Crippen LogP contribution in [0.25, 0.3) is 0 Å². The van der Waals surface area contributed by atoms with Crippen molar-refractivity contribution in [3.63, 3.8) is 0 Å². The van der Waals surface area contributed by atoms with Crippen molar-refractivity contribution < 1.29 is 4.79 Å². The normalized spacial score (nSPS) is 30.8. The molecule has 1 amide bonds. The average molecular weight is 246 g/mol. The molecule has 2 atom stereocenters. The van der Waals surface area contributed by atoms with Crippen LogP contribution in [0.2, 0.25) is 0 Å². The molecule has 2 unspecified atom stereocenters. The van der Waals surface area contributed by atoms with E-state index in [-0.39, 0.29) is 5.91 Å². The number of nitrogens with one attached hydrogen (secondary N) is 1. The Morgan fingerprint density at radius 3 is 2.56 bits per heavy atom. The molecule has 0 radical (unpaired) electrons. The van der Waals surface area contributed by atoms with Gasteiger partial charge < -0.3 is 4.90 Å². The Kier molecular flexibility index (Phi) is 2.22. The van der Waals surface area contributed by atoms with Crippen LogP contribution in [0.1, 0.15) is 54.5 Å². The fraction of sp³-hybridized carbons (Fsp3) is 0.769. The molecule has 1 aromatic heterocycles. The first-order valence-corrected chi connectivity index (χ1v) is 7.03. The lowest BCUT2D eigenvalue weighted by molar-refractivity contribution is 0.0769. The highest BCUT2D eigenvalue weighted by atomic mass is 16.2. The Morgan fingerprint density at radius 2 is 1.89 bits per heavy atom. The van der Waals surface area contributed by atoms with Gasteiger partial charge in [0.05, 0.1) is 0 Å². The van der Waals surface area contributed by atoms with Gasteiger partial charge >= 0.3 is 0 Å². The maximum absolute atomic E-state index is 12.3. The summed E-state index contributed by atoms with van der Waals surface area (Å²) < 4.78 is 0. The van der Waals surface area contributed by atoms with Gasteiger partial charge in [-0.15, -0.1) is 5.10 Å². The number of likely N-dealkylation sites (tertiary alicyclic amines) is 1. The van der Waals surface area contributed by atoms with Crippen LogP contribution in [0.5, 0.6) is 0 Å². The van der Waals surface area contributed by atoms with Crippen molar-refractivity contribution in [3.05, 3.63) is 11.6 Å². The number of H-pyrrole nitrogens is 1. The van der Waals surface area contributed by atoms with E-state index in [0.29, 0.717) is 11.7 Å². The Labute approximate surface area is 106 Å². The van der Waals surface area contributed by atoms with Crippen molar-refractivity contribution in [3.8, 4) is 0 Å². The lowest BCUT2D eigenvalue weighted by atomic mass is 10.0. The van der Waals surface area contributed by atoms with Gasteiger partial charge in [-0.2, -0.15) is 0 Å². The second-order valence-electron chi connectivity index (χ2n) is 5.98. The summed E-state index contributed by atoms with van der Waals surface area (Å²) in [6, 6.07) is 0. The van der Waals surface area contributed by atoms with Crippen LogP contribution >= 0.6 is 0 Å². The maximum Gasteiger partial charge on any atom is 0.293 e. The van der Waals surface area contributed by atoms with Gasteiger partial charge in [-0.25, -0.2) is 4.98 Å². The van der Waals surface area contributed by atoms with Crippen molar-refractivity contribution in [2.24, 2.45) is 11.8 Å². The number of hydrogen-bond acceptors (Lipinski definition) is 3. The predicted molar refractivity (Wildman–Crippen MR) is 65.1 cm³/mol. The van der Waals surface area contributed by atoms with E-state index in [2.05, 4.69) is 15.2 Å². The summed E-state index contributed by atoms with van der Waals surface area (Å²) >= 11 is 0. The van der Waals surface area contributed by atoms with Crippen LogP contribution < -0.4 is 0 Å². The number of nitrogens with zero attached hydrogens (tertiary/aromatic N) is 3. The van der Waals surface area contributed by atoms with Crippen molar-refractivity contribution >= 4 is 5.91 Å². The second-order valence-corrected chi connectivity index (χ2v) is 5.98. The van der Waals surface area contributed by atoms with Crippen molar-refractivity contribution in [1.82, 2.24) is 20.1 Å². The second kappa shape index (κ2) is 3.80. The number of carbonyl (C=O) groups is 1. The van der Waals surface area contributed by atoms with Crippen LogP contribution in [0.3, 0.4) is 0 Å². The highest BCUT2D eigenvalue weighted by Crippen LogP contribution is 2.39. The zero-order chi connectivity index (χ0) is 12.1. The number of aromatic amines is 1. The van der Waals surface area contributed by atoms with Gasteiger partial charge in [0, 0.05) is 19.0 Å². The number of carbonyl (C=O) groups excluding carboxylic acids is 1. The lowest BCUT2D eigenvalue weighted by Crippen LogP contribution is -2.30. The quantitative estimate of drug-likeness (QED) is 0.861. The smallest absolute Gasteiger partial charge is 0.293 e. The van der Waals surface area contributed by atoms with Gasteiger partial charge in [-0.05, 0) is 37.5 Å². The van der Waals surface area contributed by atoms with E-state index in [1.807, 2.05) is 4.90 Å². The first-order valence-electron chi connectivity index (χ1n) is 7.03. The van der Waals surface area contributed by atoms with Gasteiger partial charge in [0.1, 0.15) is 5.82 Å². The van der Waals surface area contributed by atoms with Crippen molar-refractivity contribution in [2.75, 3.05) is 13.1 Å². The molecule has 1 N–H and O–H groups in total. The van der Waals surface area contributed by atoms with Gasteiger partial charge in [-0.3, -0.25) is 9.89 Å². The molecule has 2 saturated carbocycles. The fourth-order valence-electron chi connectivity index (χ4n) is 3.45. The summed E-state index contributed by atoms with van der Waals surface area (Å²) in [6.45, 7) is 1.83. The summed E-state index contributed by atoms with van der Waals surface area (Å²) in [5.74, 6) is 3.28. The molecule has 2 aliphatic carbocycles. The minimum atomic E-state index is 0.0209. The molecule has 3 aliphatic rings. The molecular weight excluding hydrogens is 228 g/mol. The molecule has 96 valence electrons. The average Bonchev–Trinajstić information content (AvgIpc) is 2.80. The first-order chi connectivity index (χ1) is 8.81. The Hall–Kier alpha value is -1.39. The topological polar surface area (TPSA) is 61.9 Å². The first kappa shape index (κ1) is 10.5. The number of hydrogen-bond donors (Lipinski definition) is 1. The van der Waals surface area contributed by atoms with Gasteiger partial charge in [0.15, 0.2) is 0 Å². The summed E-state index contributed by atoms with van der Waals surface area (Å²) in [5.41, 5.74) is 0. The third kappa shape index (κ3) is 1.64. The fourth-order valence-corrected chi connectivity index (χ4v) is 3.45. The largest absolute Gasteiger partial charge is 0.335 e. The Bertz CT molecular complexity index is 467. The number of fused-ring (bicyclic) bond motifs is 1. The standard InChI is InChI=1S/C13H18N4O/c18-13(12-14-11(15-16-12)8-4-5-8)17-6-9-2-1-3-10(9)7-17/h8-10H,1-7H2,(H,14,15,16). The van der Waals surface area contributed by atoms with E-state index in [4.69, 9.17) is 0 Å². The number of amides is 1. The molecule has 1 saturated heterocycles. The SMILES string of the molecule is O=C(c1n[nH]c(C2CC2)n1)N1CC2CCCC2C1. The van der Waals surface area contributed by atoms with Crippen LogP contribution in [0, 0.1) is 11.8 Å². The molecule has 4 rings (SSSR count). The van der Waals surface area contributed by atoms with E-state index in [1.54, 1.807) is 0 Å². The van der Waals surface area contributed by atoms with Crippen LogP contribution in [0.4, 0.5) is 0 Å². The number of rotatable bonds is 2. The molecule has 1 aromatic rings. The van der Waals surface area contributed by atoms with Crippen LogP contribution in [0.15, 0.2) is 0 Å². The molecule has 2 heterocycles. The lowest BCUT2D eigenvalue weighted by Gasteiger charge is -2.14. The maximum atomic E-state index is 12.3. The van der Waals surface area contributed by atoms with E-state index < -0.39 is 0 Å². The summed E-state index contributed by atoms with van der Waals surface area (Å²) in [4.78, 5) is 18.6. The zero-order valence-electron chi connectivity index (χ0n) is 10.4. The van der Waals surface area contributed by atoms with E-state index in [0.717, 1.165) is 30.7 Å². The molecule has 3 fully saturated rings. The zero-order valence-corrected chi connectivity index (χ0v) is 10.4. The third-order valence-corrected chi connectivity index (χ3v) is 4.67. The van der Waals surface area contributed by atoms with Crippen LogP contribution in [-0.2, 0) is 0 Å². The van der Waals surface area contributed by atoms with E-state index >= 15 is 0 Å². The third-order valence-electron chi connectivity index (χ3n) is 4.67. The van der Waals surface area contributed by atoms with Gasteiger partial charge in [0.25, 0.3) is 5.91 Å². The predicted octanol–water partition coefficient (Wildman–Crippen LogP) is 1.55. The molecule has 1 aliphatic heterocycles. The molecule has 5 nitrogen and oxygen atoms in total. The Morgan fingerprint density at radius 1 is 1.17 bits per heavy atom. The molecule has 0 spiro atoms. The summed E-state index contributed by atoms with van der Waals surface area (Å²) in [6.07, 6.45) is 6.27. The molecule has 18 heavy (non-hydrogen) atoms. The van der Waals surface area contributed by atoms with Crippen molar-refractivity contribution in [2.45, 2.75) is 38.0 Å². The molecule has 0 aromatic carbocycles. The monoisotopic (exact) mass is 246 g/mol. The molecular formula is C13H18N4O. The van der Waals surface area contributed by atoms with E-state index in [1.165, 1.54) is 32.1 Å². The Balaban J connectivity index is 1.48. The van der Waals surface area contributed by atoms with Crippen molar-refractivity contribution in [1.29, 1.82) is 0 Å². The number of aromatic nitrogens is 3. The van der Waals surface area contributed by atoms with E-state index in [9.17, 15) is 4.79 Å².